The summed E-state index contributed by atoms with van der Waals surface area (Å²) in [6.45, 7) is 4.21. The number of aliphatic hydroxyl groups is 1. The van der Waals surface area contributed by atoms with Crippen LogP contribution in [0.25, 0.3) is 0 Å². The molecule has 2 aromatic carbocycles. The van der Waals surface area contributed by atoms with E-state index in [-0.39, 0.29) is 40.4 Å². The van der Waals surface area contributed by atoms with Crippen LogP contribution in [-0.4, -0.2) is 54.7 Å². The zero-order chi connectivity index (χ0) is 31.0. The summed E-state index contributed by atoms with van der Waals surface area (Å²) in [6, 6.07) is 6.94. The molecule has 0 saturated carbocycles. The third kappa shape index (κ3) is 6.50. The molecule has 1 amide bonds. The molecule has 2 aliphatic heterocycles. The molecular formula is C32H39Cl2F2N3O4. The average molecular weight is 639 g/mol. The van der Waals surface area contributed by atoms with E-state index in [2.05, 4.69) is 16.7 Å². The zero-order valence-corrected chi connectivity index (χ0v) is 25.9. The van der Waals surface area contributed by atoms with Crippen molar-refractivity contribution in [2.75, 3.05) is 19.8 Å². The fourth-order valence-corrected chi connectivity index (χ4v) is 7.27. The van der Waals surface area contributed by atoms with Crippen LogP contribution in [0.5, 0.6) is 0 Å². The second-order valence-electron chi connectivity index (χ2n) is 12.5. The van der Waals surface area contributed by atoms with Crippen molar-refractivity contribution in [1.29, 1.82) is 0 Å². The number of benzene rings is 2. The largest absolute Gasteiger partial charge is 0.396 e. The normalized spacial score (nSPS) is 31.8. The van der Waals surface area contributed by atoms with Gasteiger partial charge in [-0.1, -0.05) is 53.6 Å². The Morgan fingerprint density at radius 2 is 2.00 bits per heavy atom. The van der Waals surface area contributed by atoms with Crippen LogP contribution in [0.3, 0.4) is 0 Å². The van der Waals surface area contributed by atoms with Gasteiger partial charge in [0.2, 0.25) is 5.91 Å². The van der Waals surface area contributed by atoms with Gasteiger partial charge in [-0.3, -0.25) is 4.79 Å². The molecule has 5 N–H and O–H groups in total. The Morgan fingerprint density at radius 3 is 2.65 bits per heavy atom. The minimum atomic E-state index is -1.63. The maximum atomic E-state index is 15.8. The fourth-order valence-electron chi connectivity index (χ4n) is 6.93. The Hall–Kier alpha value is -2.11. The predicted octanol–water partition coefficient (Wildman–Crippen LogP) is 5.32. The second-order valence-corrected chi connectivity index (χ2v) is 13.3. The van der Waals surface area contributed by atoms with E-state index >= 15 is 8.78 Å². The second kappa shape index (κ2) is 12.7. The average Bonchev–Trinajstić information content (AvgIpc) is 3.46. The lowest BCUT2D eigenvalue weighted by atomic mass is 9.65. The van der Waals surface area contributed by atoms with Gasteiger partial charge in [0, 0.05) is 35.7 Å². The van der Waals surface area contributed by atoms with Crippen LogP contribution >= 0.6 is 23.2 Å². The van der Waals surface area contributed by atoms with E-state index in [4.69, 9.17) is 38.4 Å². The van der Waals surface area contributed by atoms with E-state index in [1.807, 2.05) is 19.9 Å². The monoisotopic (exact) mass is 637 g/mol. The number of halogens is 4. The number of aliphatic hydroxyl groups excluding tert-OH is 1. The van der Waals surface area contributed by atoms with Crippen LogP contribution in [0, 0.1) is 17.0 Å². The van der Waals surface area contributed by atoms with Gasteiger partial charge >= 0.3 is 0 Å². The summed E-state index contributed by atoms with van der Waals surface area (Å²) in [5.74, 6) is -3.57. The van der Waals surface area contributed by atoms with Gasteiger partial charge in [-0.15, -0.1) is 0 Å². The quantitative estimate of drug-likeness (QED) is 0.278. The molecule has 2 fully saturated rings. The highest BCUT2D eigenvalue weighted by atomic mass is 35.5. The number of carbonyl (C=O) groups excluding carboxylic acids is 1. The van der Waals surface area contributed by atoms with E-state index in [0.717, 1.165) is 12.5 Å². The summed E-state index contributed by atoms with van der Waals surface area (Å²) < 4.78 is 43.1. The molecule has 5 rings (SSSR count). The minimum absolute atomic E-state index is 0.0900. The van der Waals surface area contributed by atoms with Gasteiger partial charge in [-0.2, -0.15) is 0 Å². The van der Waals surface area contributed by atoms with Gasteiger partial charge in [0.25, 0.3) is 0 Å². The van der Waals surface area contributed by atoms with E-state index in [9.17, 15) is 9.90 Å². The standard InChI is InChI=1S/C32H39Cl2F2N3O4/c1-30(2)42-17-20(43-30)11-14-38-29(41)28-26(21-7-6-8-23(34)27(21)36)32(37,22-10-9-19(33)15-24(22)35)25(39-28)16-31(18-40)12-4-3-5-13-31/h3-4,6-10,15,20,25-26,28,39-40H,5,11-14,16-18,37H2,1-2H3,(H,38,41). The Morgan fingerprint density at radius 1 is 1.21 bits per heavy atom. The van der Waals surface area contributed by atoms with E-state index in [1.165, 1.54) is 24.3 Å². The number of allylic oxidation sites excluding steroid dienone is 2. The van der Waals surface area contributed by atoms with Crippen molar-refractivity contribution in [1.82, 2.24) is 10.6 Å². The van der Waals surface area contributed by atoms with E-state index in [1.54, 1.807) is 6.07 Å². The molecule has 2 saturated heterocycles. The lowest BCUT2D eigenvalue weighted by molar-refractivity contribution is -0.138. The first-order valence-corrected chi connectivity index (χ1v) is 15.4. The van der Waals surface area contributed by atoms with Gasteiger partial charge in [-0.05, 0) is 75.1 Å². The number of amides is 1. The van der Waals surface area contributed by atoms with Crippen LogP contribution in [0.2, 0.25) is 10.0 Å². The summed E-state index contributed by atoms with van der Waals surface area (Å²) in [4.78, 5) is 13.9. The molecule has 0 spiro atoms. The molecule has 0 bridgehead atoms. The molecule has 0 radical (unpaired) electrons. The van der Waals surface area contributed by atoms with Crippen molar-refractivity contribution in [2.24, 2.45) is 11.1 Å². The van der Waals surface area contributed by atoms with Crippen molar-refractivity contribution >= 4 is 29.1 Å². The number of ether oxygens (including phenoxy) is 2. The molecule has 234 valence electrons. The van der Waals surface area contributed by atoms with E-state index < -0.39 is 52.3 Å². The van der Waals surface area contributed by atoms with Gasteiger partial charge in [-0.25, -0.2) is 8.78 Å². The molecule has 1 aliphatic carbocycles. The highest BCUT2D eigenvalue weighted by molar-refractivity contribution is 6.31. The first-order valence-electron chi connectivity index (χ1n) is 14.7. The molecule has 0 aromatic heterocycles. The van der Waals surface area contributed by atoms with Crippen LogP contribution in [0.1, 0.15) is 63.0 Å². The first-order chi connectivity index (χ1) is 20.4. The minimum Gasteiger partial charge on any atom is -0.396 e. The van der Waals surface area contributed by atoms with Crippen LogP contribution in [0.4, 0.5) is 8.78 Å². The van der Waals surface area contributed by atoms with Gasteiger partial charge in [0.1, 0.15) is 11.6 Å². The molecule has 2 aromatic rings. The number of hydrogen-bond donors (Lipinski definition) is 4. The third-order valence-corrected chi connectivity index (χ3v) is 9.69. The molecule has 2 heterocycles. The van der Waals surface area contributed by atoms with Gasteiger partial charge < -0.3 is 30.9 Å². The Balaban J connectivity index is 1.55. The molecule has 43 heavy (non-hydrogen) atoms. The maximum absolute atomic E-state index is 15.8. The lowest BCUT2D eigenvalue weighted by Crippen LogP contribution is -2.53. The van der Waals surface area contributed by atoms with Crippen molar-refractivity contribution in [3.63, 3.8) is 0 Å². The smallest absolute Gasteiger partial charge is 0.237 e. The Kier molecular flexibility index (Phi) is 9.55. The lowest BCUT2D eigenvalue weighted by Gasteiger charge is -2.42. The number of rotatable bonds is 9. The van der Waals surface area contributed by atoms with Crippen molar-refractivity contribution in [3.05, 3.63) is 81.4 Å². The molecule has 7 nitrogen and oxygen atoms in total. The predicted molar refractivity (Wildman–Crippen MR) is 162 cm³/mol. The summed E-state index contributed by atoms with van der Waals surface area (Å²) in [7, 11) is 0. The highest BCUT2D eigenvalue weighted by Gasteiger charge is 2.59. The molecular weight excluding hydrogens is 599 g/mol. The topological polar surface area (TPSA) is 106 Å². The van der Waals surface area contributed by atoms with E-state index in [0.29, 0.717) is 32.3 Å². The summed E-state index contributed by atoms with van der Waals surface area (Å²) in [5.41, 5.74) is 5.31. The van der Waals surface area contributed by atoms with Crippen molar-refractivity contribution in [3.8, 4) is 0 Å². The van der Waals surface area contributed by atoms with Gasteiger partial charge in [0.05, 0.1) is 29.3 Å². The Labute approximate surface area is 261 Å². The molecule has 11 heteroatoms. The summed E-state index contributed by atoms with van der Waals surface area (Å²) >= 11 is 12.3. The third-order valence-electron chi connectivity index (χ3n) is 9.17. The molecule has 6 atom stereocenters. The fraction of sp³-hybridized carbons (Fsp3) is 0.531. The maximum Gasteiger partial charge on any atom is 0.237 e. The summed E-state index contributed by atoms with van der Waals surface area (Å²) in [6.07, 6.45) is 6.74. The van der Waals surface area contributed by atoms with Gasteiger partial charge in [0.15, 0.2) is 5.79 Å². The molecule has 6 unspecified atom stereocenters. The number of nitrogens with one attached hydrogen (secondary N) is 2. The Bertz CT molecular complexity index is 1380. The number of carbonyl (C=O) groups is 1. The van der Waals surface area contributed by atoms with Crippen LogP contribution in [0.15, 0.2) is 48.6 Å². The SMILES string of the molecule is CC1(C)OCC(CCNC(=O)C2NC(CC3(CO)CC=CCC3)C(N)(c3ccc(Cl)cc3F)C2c2cccc(Cl)c2F)O1. The zero-order valence-electron chi connectivity index (χ0n) is 24.3. The summed E-state index contributed by atoms with van der Waals surface area (Å²) in [5, 5.41) is 16.9. The molecule has 3 aliphatic rings. The van der Waals surface area contributed by atoms with Crippen LogP contribution < -0.4 is 16.4 Å². The van der Waals surface area contributed by atoms with Crippen LogP contribution in [-0.2, 0) is 19.8 Å². The number of hydrogen-bond acceptors (Lipinski definition) is 6. The first kappa shape index (κ1) is 32.3. The van der Waals surface area contributed by atoms with Crippen molar-refractivity contribution < 1.29 is 28.2 Å². The van der Waals surface area contributed by atoms with Crippen molar-refractivity contribution in [2.45, 2.75) is 81.4 Å². The highest BCUT2D eigenvalue weighted by Crippen LogP contribution is 2.51. The number of nitrogens with two attached hydrogens (primary N) is 1.